The summed E-state index contributed by atoms with van der Waals surface area (Å²) in [5.41, 5.74) is 7.13. The van der Waals surface area contributed by atoms with Gasteiger partial charge >= 0.3 is 0 Å². The van der Waals surface area contributed by atoms with E-state index in [-0.39, 0.29) is 5.78 Å². The van der Waals surface area contributed by atoms with Crippen molar-refractivity contribution in [3.63, 3.8) is 0 Å². The summed E-state index contributed by atoms with van der Waals surface area (Å²) in [6.07, 6.45) is 5.47. The van der Waals surface area contributed by atoms with Crippen molar-refractivity contribution in [3.05, 3.63) is 64.7 Å². The van der Waals surface area contributed by atoms with Crippen molar-refractivity contribution in [1.82, 2.24) is 0 Å². The summed E-state index contributed by atoms with van der Waals surface area (Å²) in [5, 5.41) is 0. The number of rotatable bonds is 0. The van der Waals surface area contributed by atoms with Crippen molar-refractivity contribution < 1.29 is 4.79 Å². The summed E-state index contributed by atoms with van der Waals surface area (Å²) in [4.78, 5) is 12.1. The van der Waals surface area contributed by atoms with Crippen LogP contribution in [0.25, 0.3) is 17.2 Å². The molecule has 0 saturated heterocycles. The van der Waals surface area contributed by atoms with Crippen LogP contribution in [0.1, 0.15) is 33.5 Å². The van der Waals surface area contributed by atoms with E-state index in [0.29, 0.717) is 6.42 Å². The first-order valence-electron chi connectivity index (χ1n) is 6.28. The van der Waals surface area contributed by atoms with E-state index in [9.17, 15) is 4.79 Å². The Morgan fingerprint density at radius 1 is 0.944 bits per heavy atom. The van der Waals surface area contributed by atoms with Crippen molar-refractivity contribution in [2.75, 3.05) is 0 Å². The first kappa shape index (κ1) is 9.84. The average molecular weight is 232 g/mol. The monoisotopic (exact) mass is 232 g/mol. The Morgan fingerprint density at radius 3 is 2.78 bits per heavy atom. The lowest BCUT2D eigenvalue weighted by Gasteiger charge is -2.14. The van der Waals surface area contributed by atoms with Crippen LogP contribution in [-0.2, 0) is 6.42 Å². The van der Waals surface area contributed by atoms with Crippen LogP contribution in [0, 0.1) is 0 Å². The maximum absolute atomic E-state index is 12.1. The van der Waals surface area contributed by atoms with Crippen molar-refractivity contribution in [1.29, 1.82) is 0 Å². The minimum atomic E-state index is 0.261. The van der Waals surface area contributed by atoms with Gasteiger partial charge in [0, 0.05) is 12.0 Å². The number of carbonyl (C=O) groups excluding carboxylic acids is 1. The van der Waals surface area contributed by atoms with Crippen LogP contribution in [0.4, 0.5) is 0 Å². The van der Waals surface area contributed by atoms with Gasteiger partial charge in [-0.2, -0.15) is 0 Å². The summed E-state index contributed by atoms with van der Waals surface area (Å²) < 4.78 is 0. The largest absolute Gasteiger partial charge is 0.294 e. The zero-order valence-corrected chi connectivity index (χ0v) is 9.94. The van der Waals surface area contributed by atoms with Gasteiger partial charge in [0.2, 0.25) is 0 Å². The van der Waals surface area contributed by atoms with E-state index in [1.165, 1.54) is 22.3 Å². The second kappa shape index (κ2) is 3.42. The van der Waals surface area contributed by atoms with Crippen LogP contribution in [0.5, 0.6) is 0 Å². The molecule has 0 aliphatic heterocycles. The maximum atomic E-state index is 12.1. The van der Waals surface area contributed by atoms with Crippen molar-refractivity contribution >= 4 is 11.9 Å². The number of Topliss-reactive ketones (excluding diaryl/α,β-unsaturated/α-hetero) is 1. The van der Waals surface area contributed by atoms with Crippen LogP contribution in [0.2, 0.25) is 0 Å². The highest BCUT2D eigenvalue weighted by atomic mass is 16.1. The Labute approximate surface area is 106 Å². The summed E-state index contributed by atoms with van der Waals surface area (Å²) >= 11 is 0. The van der Waals surface area contributed by atoms with Gasteiger partial charge in [-0.1, -0.05) is 48.6 Å². The zero-order chi connectivity index (χ0) is 12.1. The predicted molar refractivity (Wildman–Crippen MR) is 72.7 cm³/mol. The Balaban J connectivity index is 2.03. The van der Waals surface area contributed by atoms with E-state index in [2.05, 4.69) is 42.5 Å². The van der Waals surface area contributed by atoms with Crippen molar-refractivity contribution in [2.24, 2.45) is 0 Å². The van der Waals surface area contributed by atoms with E-state index in [1.807, 2.05) is 6.08 Å². The fourth-order valence-electron chi connectivity index (χ4n) is 3.09. The van der Waals surface area contributed by atoms with Crippen LogP contribution < -0.4 is 0 Å². The standard InChI is InChI=1S/C17H12O/c18-16-7-3-5-11-8-9-14-13-6-2-1-4-12(13)10-15(14)17(11)16/h1-6,8-9H,7,10H2. The number of hydrogen-bond acceptors (Lipinski definition) is 1. The van der Waals surface area contributed by atoms with Crippen molar-refractivity contribution in [3.8, 4) is 11.1 Å². The average Bonchev–Trinajstić information content (AvgIpc) is 2.77. The molecule has 0 fully saturated rings. The van der Waals surface area contributed by atoms with Gasteiger partial charge in [0.15, 0.2) is 5.78 Å². The first-order chi connectivity index (χ1) is 8.84. The molecule has 2 aliphatic rings. The van der Waals surface area contributed by atoms with Gasteiger partial charge in [-0.15, -0.1) is 0 Å². The summed E-state index contributed by atoms with van der Waals surface area (Å²) in [6.45, 7) is 0. The highest BCUT2D eigenvalue weighted by Gasteiger charge is 2.25. The molecule has 2 aromatic carbocycles. The highest BCUT2D eigenvalue weighted by Crippen LogP contribution is 2.40. The molecule has 0 aromatic heterocycles. The van der Waals surface area contributed by atoms with Gasteiger partial charge in [-0.25, -0.2) is 0 Å². The second-order valence-corrected chi connectivity index (χ2v) is 4.92. The molecule has 0 atom stereocenters. The van der Waals surface area contributed by atoms with Crippen LogP contribution in [0.15, 0.2) is 42.5 Å². The maximum Gasteiger partial charge on any atom is 0.167 e. The fourth-order valence-corrected chi connectivity index (χ4v) is 3.09. The Morgan fingerprint density at radius 2 is 1.83 bits per heavy atom. The van der Waals surface area contributed by atoms with Crippen LogP contribution in [-0.4, -0.2) is 5.78 Å². The summed E-state index contributed by atoms with van der Waals surface area (Å²) in [5.74, 6) is 0.261. The number of hydrogen-bond donors (Lipinski definition) is 0. The predicted octanol–water partition coefficient (Wildman–Crippen LogP) is 3.86. The molecule has 0 spiro atoms. The molecule has 86 valence electrons. The van der Waals surface area contributed by atoms with Crippen molar-refractivity contribution in [2.45, 2.75) is 12.8 Å². The topological polar surface area (TPSA) is 17.1 Å². The normalized spacial score (nSPS) is 15.2. The Kier molecular flexibility index (Phi) is 1.87. The molecule has 18 heavy (non-hydrogen) atoms. The van der Waals surface area contributed by atoms with Gasteiger partial charge in [-0.3, -0.25) is 4.79 Å². The van der Waals surface area contributed by atoms with Gasteiger partial charge in [0.05, 0.1) is 0 Å². The molecule has 0 heterocycles. The number of carbonyl (C=O) groups is 1. The molecular weight excluding hydrogens is 220 g/mol. The first-order valence-corrected chi connectivity index (χ1v) is 6.28. The molecule has 1 nitrogen and oxygen atoms in total. The van der Waals surface area contributed by atoms with E-state index in [4.69, 9.17) is 0 Å². The molecule has 0 radical (unpaired) electrons. The number of benzene rings is 2. The lowest BCUT2D eigenvalue weighted by atomic mass is 9.89. The molecule has 0 N–H and O–H groups in total. The van der Waals surface area contributed by atoms with E-state index in [1.54, 1.807) is 0 Å². The Hall–Kier alpha value is -2.15. The number of fused-ring (bicyclic) bond motifs is 5. The van der Waals surface area contributed by atoms with E-state index in [0.717, 1.165) is 17.5 Å². The third kappa shape index (κ3) is 1.19. The van der Waals surface area contributed by atoms with Gasteiger partial charge in [0.1, 0.15) is 0 Å². The SMILES string of the molecule is O=C1CC=Cc2ccc3c(c21)Cc1ccccc1-3. The van der Waals surface area contributed by atoms with E-state index < -0.39 is 0 Å². The zero-order valence-electron chi connectivity index (χ0n) is 9.94. The lowest BCUT2D eigenvalue weighted by Crippen LogP contribution is -2.08. The molecule has 0 bridgehead atoms. The van der Waals surface area contributed by atoms with Gasteiger partial charge in [0.25, 0.3) is 0 Å². The number of allylic oxidation sites excluding steroid dienone is 1. The molecule has 0 amide bonds. The van der Waals surface area contributed by atoms with E-state index >= 15 is 0 Å². The fraction of sp³-hybridized carbons (Fsp3) is 0.118. The van der Waals surface area contributed by atoms with Gasteiger partial charge < -0.3 is 0 Å². The molecule has 2 aliphatic carbocycles. The minimum Gasteiger partial charge on any atom is -0.294 e. The van der Waals surface area contributed by atoms with Crippen LogP contribution >= 0.6 is 0 Å². The molecule has 2 aromatic rings. The molecule has 1 heteroatoms. The van der Waals surface area contributed by atoms with Crippen LogP contribution in [0.3, 0.4) is 0 Å². The lowest BCUT2D eigenvalue weighted by molar-refractivity contribution is 0.0994. The quantitative estimate of drug-likeness (QED) is 0.575. The molecule has 0 saturated carbocycles. The summed E-state index contributed by atoms with van der Waals surface area (Å²) in [6, 6.07) is 12.7. The molecule has 0 unspecified atom stereocenters. The third-order valence-electron chi connectivity index (χ3n) is 3.90. The smallest absolute Gasteiger partial charge is 0.167 e. The highest BCUT2D eigenvalue weighted by molar-refractivity contribution is 6.06. The molecular formula is C17H12O. The summed E-state index contributed by atoms with van der Waals surface area (Å²) in [7, 11) is 0. The Bertz CT molecular complexity index is 708. The number of ketones is 1. The molecule has 4 rings (SSSR count). The second-order valence-electron chi connectivity index (χ2n) is 4.92. The van der Waals surface area contributed by atoms with Gasteiger partial charge in [-0.05, 0) is 34.2 Å². The minimum absolute atomic E-state index is 0.261. The third-order valence-corrected chi connectivity index (χ3v) is 3.90.